The zero-order valence-corrected chi connectivity index (χ0v) is 23.8. The van der Waals surface area contributed by atoms with Crippen molar-refractivity contribution >= 4 is 22.1 Å². The second-order valence-electron chi connectivity index (χ2n) is 8.20. The fourth-order valence-electron chi connectivity index (χ4n) is 3.32. The fraction of sp³-hybridized carbons (Fsp3) is 0.833. The van der Waals surface area contributed by atoms with Crippen molar-refractivity contribution in [3.63, 3.8) is 0 Å². The normalized spacial score (nSPS) is 12.3. The first-order valence-corrected chi connectivity index (χ1v) is 13.7. The monoisotopic (exact) mass is 498 g/mol. The number of rotatable bonds is 21. The molecule has 0 radical (unpaired) electrons. The van der Waals surface area contributed by atoms with Crippen molar-refractivity contribution in [1.29, 1.82) is 0 Å². The molecule has 0 heterocycles. The van der Waals surface area contributed by atoms with Crippen LogP contribution in [0.3, 0.4) is 0 Å². The Labute approximate surface area is 223 Å². The van der Waals surface area contributed by atoms with Gasteiger partial charge in [0.05, 0.1) is 13.0 Å². The van der Waals surface area contributed by atoms with Crippen LogP contribution in [-0.4, -0.2) is 43.4 Å². The van der Waals surface area contributed by atoms with Crippen molar-refractivity contribution in [2.24, 2.45) is 0 Å². The molecule has 0 aromatic carbocycles. The molecule has 0 bridgehead atoms. The second-order valence-corrected chi connectivity index (χ2v) is 9.76. The Kier molecular flexibility index (Phi) is 24.6. The summed E-state index contributed by atoms with van der Waals surface area (Å²) < 4.78 is 43.5. The Morgan fingerprint density at radius 2 is 1.27 bits per heavy atom. The number of carbonyl (C=O) groups excluding carboxylic acids is 2. The van der Waals surface area contributed by atoms with Crippen LogP contribution in [0.5, 0.6) is 0 Å². The molecule has 0 aliphatic carbocycles. The van der Waals surface area contributed by atoms with Gasteiger partial charge in [0.25, 0.3) is 0 Å². The first kappa shape index (κ1) is 34.8. The standard InChI is InChI=1S/C24H44O7S.Na/c1-3-5-7-8-9-10-11-12-13-14-15-16-17-18-20-30-23(25)21-22(32(27,28)29)24(26)31-19-6-4-2;/h4,6,22H,3,5,7-21H2,1-2H3,(H,27,28,29);/q;+1/p-1/b6-4+;. The number of hydrogen-bond donors (Lipinski definition) is 0. The van der Waals surface area contributed by atoms with Crippen LogP contribution in [0.4, 0.5) is 0 Å². The molecule has 0 aliphatic rings. The van der Waals surface area contributed by atoms with Gasteiger partial charge >= 0.3 is 41.5 Å². The maximum Gasteiger partial charge on any atom is 1.00 e. The molecule has 0 amide bonds. The smallest absolute Gasteiger partial charge is 0.747 e. The molecule has 0 aliphatic heterocycles. The summed E-state index contributed by atoms with van der Waals surface area (Å²) in [6, 6.07) is 0. The SMILES string of the molecule is C/C=C/COC(=O)C(CC(=O)OCCCCCCCCCCCCCCCC)S(=O)(=O)[O-].[Na+]. The fourth-order valence-corrected chi connectivity index (χ4v) is 3.96. The molecule has 0 fully saturated rings. The summed E-state index contributed by atoms with van der Waals surface area (Å²) in [7, 11) is -5.01. The molecule has 9 heteroatoms. The van der Waals surface area contributed by atoms with E-state index in [0.717, 1.165) is 19.3 Å². The number of esters is 2. The summed E-state index contributed by atoms with van der Waals surface area (Å²) in [5.74, 6) is -2.11. The predicted molar refractivity (Wildman–Crippen MR) is 125 cm³/mol. The maximum absolute atomic E-state index is 11.8. The number of carbonyl (C=O) groups is 2. The average Bonchev–Trinajstić information content (AvgIpc) is 2.74. The minimum atomic E-state index is -5.01. The quantitative estimate of drug-likeness (QED) is 0.0786. The number of ether oxygens (including phenoxy) is 2. The number of allylic oxidation sites excluding steroid dienone is 1. The van der Waals surface area contributed by atoms with E-state index >= 15 is 0 Å². The average molecular weight is 499 g/mol. The minimum absolute atomic E-state index is 0. The van der Waals surface area contributed by atoms with E-state index in [1.54, 1.807) is 13.0 Å². The van der Waals surface area contributed by atoms with E-state index in [2.05, 4.69) is 6.92 Å². The molecular formula is C24H43NaO7S. The van der Waals surface area contributed by atoms with Crippen LogP contribution in [0.25, 0.3) is 0 Å². The molecule has 0 saturated carbocycles. The van der Waals surface area contributed by atoms with Gasteiger partial charge in [-0.1, -0.05) is 103 Å². The van der Waals surface area contributed by atoms with Crippen LogP contribution in [-0.2, 0) is 29.2 Å². The van der Waals surface area contributed by atoms with Crippen LogP contribution in [0.15, 0.2) is 12.2 Å². The van der Waals surface area contributed by atoms with Crippen LogP contribution < -0.4 is 29.6 Å². The first-order chi connectivity index (χ1) is 15.3. The van der Waals surface area contributed by atoms with Crippen molar-refractivity contribution in [2.75, 3.05) is 13.2 Å². The van der Waals surface area contributed by atoms with Gasteiger partial charge in [0, 0.05) is 0 Å². The molecule has 1 atom stereocenters. The summed E-state index contributed by atoms with van der Waals surface area (Å²) in [4.78, 5) is 23.6. The molecule has 0 aromatic rings. The van der Waals surface area contributed by atoms with E-state index in [0.29, 0.717) is 6.42 Å². The largest absolute Gasteiger partial charge is 1.00 e. The van der Waals surface area contributed by atoms with Gasteiger partial charge in [0.15, 0.2) is 5.25 Å². The third kappa shape index (κ3) is 21.8. The zero-order chi connectivity index (χ0) is 24.1. The van der Waals surface area contributed by atoms with Gasteiger partial charge in [-0.3, -0.25) is 9.59 Å². The molecule has 0 N–H and O–H groups in total. The molecule has 0 rings (SSSR count). The van der Waals surface area contributed by atoms with Gasteiger partial charge < -0.3 is 14.0 Å². The van der Waals surface area contributed by atoms with Gasteiger partial charge in [-0.2, -0.15) is 0 Å². The van der Waals surface area contributed by atoms with Gasteiger partial charge in [0.2, 0.25) is 0 Å². The predicted octanol–water partition coefficient (Wildman–Crippen LogP) is 2.44. The second kappa shape index (κ2) is 23.3. The zero-order valence-electron chi connectivity index (χ0n) is 21.0. The Hall–Kier alpha value is -0.410. The van der Waals surface area contributed by atoms with E-state index in [9.17, 15) is 22.6 Å². The number of hydrogen-bond acceptors (Lipinski definition) is 7. The van der Waals surface area contributed by atoms with Crippen LogP contribution in [0.1, 0.15) is 110 Å². The molecule has 33 heavy (non-hydrogen) atoms. The van der Waals surface area contributed by atoms with Crippen LogP contribution in [0.2, 0.25) is 0 Å². The van der Waals surface area contributed by atoms with Crippen molar-refractivity contribution in [2.45, 2.75) is 115 Å². The van der Waals surface area contributed by atoms with Gasteiger partial charge in [-0.25, -0.2) is 8.42 Å². The summed E-state index contributed by atoms with van der Waals surface area (Å²) in [5, 5.41) is -2.07. The summed E-state index contributed by atoms with van der Waals surface area (Å²) in [5.41, 5.74) is 0. The topological polar surface area (TPSA) is 110 Å². The molecule has 7 nitrogen and oxygen atoms in total. The summed E-state index contributed by atoms with van der Waals surface area (Å²) >= 11 is 0. The molecule has 188 valence electrons. The Bertz CT molecular complexity index is 620. The van der Waals surface area contributed by atoms with Crippen molar-refractivity contribution < 1.29 is 61.6 Å². The van der Waals surface area contributed by atoms with Crippen LogP contribution in [0, 0.1) is 0 Å². The van der Waals surface area contributed by atoms with Gasteiger partial charge in [0.1, 0.15) is 16.7 Å². The minimum Gasteiger partial charge on any atom is -0.747 e. The van der Waals surface area contributed by atoms with E-state index < -0.39 is 33.7 Å². The van der Waals surface area contributed by atoms with E-state index in [4.69, 9.17) is 9.47 Å². The summed E-state index contributed by atoms with van der Waals surface area (Å²) in [6.45, 7) is 3.93. The molecule has 1 unspecified atom stereocenters. The van der Waals surface area contributed by atoms with E-state index in [1.807, 2.05) is 0 Å². The third-order valence-corrected chi connectivity index (χ3v) is 6.34. The Morgan fingerprint density at radius 1 is 0.818 bits per heavy atom. The van der Waals surface area contributed by atoms with E-state index in [1.165, 1.54) is 70.3 Å². The van der Waals surface area contributed by atoms with Crippen molar-refractivity contribution in [3.05, 3.63) is 12.2 Å². The van der Waals surface area contributed by atoms with E-state index in [-0.39, 0.29) is 42.8 Å². The van der Waals surface area contributed by atoms with Crippen LogP contribution >= 0.6 is 0 Å². The van der Waals surface area contributed by atoms with Gasteiger partial charge in [-0.15, -0.1) is 0 Å². The maximum atomic E-state index is 11.8. The third-order valence-electron chi connectivity index (χ3n) is 5.28. The molecular weight excluding hydrogens is 455 g/mol. The molecule has 0 saturated heterocycles. The van der Waals surface area contributed by atoms with Crippen molar-refractivity contribution in [1.82, 2.24) is 0 Å². The Morgan fingerprint density at radius 3 is 1.70 bits per heavy atom. The van der Waals surface area contributed by atoms with Gasteiger partial charge in [-0.05, 0) is 13.3 Å². The first-order valence-electron chi connectivity index (χ1n) is 12.2. The summed E-state index contributed by atoms with van der Waals surface area (Å²) in [6.07, 6.45) is 19.3. The number of unbranched alkanes of at least 4 members (excludes halogenated alkanes) is 13. The molecule has 0 aromatic heterocycles. The van der Waals surface area contributed by atoms with Crippen molar-refractivity contribution in [3.8, 4) is 0 Å². The molecule has 0 spiro atoms. The Balaban J connectivity index is 0.